The van der Waals surface area contributed by atoms with Crippen molar-refractivity contribution in [1.29, 1.82) is 0 Å². The van der Waals surface area contributed by atoms with E-state index >= 15 is 0 Å². The van der Waals surface area contributed by atoms with Gasteiger partial charge in [0.15, 0.2) is 0 Å². The molecular formula is C23H25N3O3. The highest BCUT2D eigenvalue weighted by atomic mass is 16.5. The van der Waals surface area contributed by atoms with Crippen LogP contribution in [0.15, 0.2) is 65.1 Å². The van der Waals surface area contributed by atoms with Crippen LogP contribution in [0.1, 0.15) is 42.5 Å². The molecule has 2 unspecified atom stereocenters. The van der Waals surface area contributed by atoms with E-state index in [0.29, 0.717) is 24.7 Å². The van der Waals surface area contributed by atoms with Gasteiger partial charge in [-0.05, 0) is 30.5 Å². The first kappa shape index (κ1) is 19.2. The minimum absolute atomic E-state index is 0.0101. The smallest absolute Gasteiger partial charge is 0.224 e. The molecule has 2 atom stereocenters. The molecule has 6 nitrogen and oxygen atoms in total. The van der Waals surface area contributed by atoms with Crippen LogP contribution >= 0.6 is 0 Å². The Morgan fingerprint density at radius 3 is 2.55 bits per heavy atom. The number of aromatic nitrogens is 2. The van der Waals surface area contributed by atoms with E-state index in [1.807, 2.05) is 65.6 Å². The predicted molar refractivity (Wildman–Crippen MR) is 109 cm³/mol. The SMILES string of the molecule is Cc1nnc(C(CC(=O)N2CCCC(Oc3ccccc3)C2)c2ccccc2)o1. The van der Waals surface area contributed by atoms with Crippen LogP contribution in [0.4, 0.5) is 0 Å². The summed E-state index contributed by atoms with van der Waals surface area (Å²) in [5.74, 6) is 1.66. The molecule has 1 fully saturated rings. The molecule has 0 radical (unpaired) electrons. The van der Waals surface area contributed by atoms with Crippen LogP contribution in [0.5, 0.6) is 5.75 Å². The first-order valence-corrected chi connectivity index (χ1v) is 10.0. The van der Waals surface area contributed by atoms with Crippen molar-refractivity contribution in [3.05, 3.63) is 78.0 Å². The summed E-state index contributed by atoms with van der Waals surface area (Å²) in [6, 6.07) is 19.6. The molecule has 0 saturated carbocycles. The number of rotatable bonds is 6. The lowest BCUT2D eigenvalue weighted by Gasteiger charge is -2.33. The number of carbonyl (C=O) groups is 1. The van der Waals surface area contributed by atoms with Crippen molar-refractivity contribution in [3.63, 3.8) is 0 Å². The number of carbonyl (C=O) groups excluding carboxylic acids is 1. The number of hydrogen-bond donors (Lipinski definition) is 0. The molecule has 29 heavy (non-hydrogen) atoms. The van der Waals surface area contributed by atoms with Crippen molar-refractivity contribution in [1.82, 2.24) is 15.1 Å². The van der Waals surface area contributed by atoms with E-state index in [-0.39, 0.29) is 17.9 Å². The molecule has 1 saturated heterocycles. The monoisotopic (exact) mass is 391 g/mol. The zero-order chi connectivity index (χ0) is 20.1. The Kier molecular flexibility index (Phi) is 5.89. The molecule has 1 aromatic heterocycles. The van der Waals surface area contributed by atoms with Crippen LogP contribution in [-0.4, -0.2) is 40.2 Å². The lowest BCUT2D eigenvalue weighted by Crippen LogP contribution is -2.44. The molecule has 0 N–H and O–H groups in total. The maximum atomic E-state index is 13.1. The Morgan fingerprint density at radius 2 is 1.86 bits per heavy atom. The van der Waals surface area contributed by atoms with Crippen LogP contribution in [0.2, 0.25) is 0 Å². The van der Waals surface area contributed by atoms with Gasteiger partial charge in [0.25, 0.3) is 0 Å². The standard InChI is InChI=1S/C23H25N3O3/c1-17-24-25-23(28-17)21(18-9-4-2-5-10-18)15-22(27)26-14-8-13-20(16-26)29-19-11-6-3-7-12-19/h2-7,9-12,20-21H,8,13-16H2,1H3. The first-order chi connectivity index (χ1) is 14.2. The second kappa shape index (κ2) is 8.90. The highest BCUT2D eigenvalue weighted by molar-refractivity contribution is 5.77. The number of hydrogen-bond acceptors (Lipinski definition) is 5. The Hall–Kier alpha value is -3.15. The number of benzene rings is 2. The largest absolute Gasteiger partial charge is 0.489 e. The fraction of sp³-hybridized carbons (Fsp3) is 0.348. The third kappa shape index (κ3) is 4.83. The molecule has 0 aliphatic carbocycles. The van der Waals surface area contributed by atoms with E-state index in [4.69, 9.17) is 9.15 Å². The topological polar surface area (TPSA) is 68.5 Å². The summed E-state index contributed by atoms with van der Waals surface area (Å²) in [6.45, 7) is 3.10. The average molecular weight is 391 g/mol. The summed E-state index contributed by atoms with van der Waals surface area (Å²) >= 11 is 0. The van der Waals surface area contributed by atoms with E-state index in [0.717, 1.165) is 30.7 Å². The highest BCUT2D eigenvalue weighted by Gasteiger charge is 2.29. The molecule has 4 rings (SSSR count). The van der Waals surface area contributed by atoms with E-state index in [2.05, 4.69) is 10.2 Å². The highest BCUT2D eigenvalue weighted by Crippen LogP contribution is 2.28. The molecule has 1 aliphatic rings. The van der Waals surface area contributed by atoms with E-state index in [9.17, 15) is 4.79 Å². The number of para-hydroxylation sites is 1. The van der Waals surface area contributed by atoms with Gasteiger partial charge in [0.2, 0.25) is 17.7 Å². The molecular weight excluding hydrogens is 366 g/mol. The molecule has 0 spiro atoms. The number of nitrogens with zero attached hydrogens (tertiary/aromatic N) is 3. The van der Waals surface area contributed by atoms with Gasteiger partial charge in [-0.1, -0.05) is 48.5 Å². The number of aryl methyl sites for hydroxylation is 1. The Labute approximate surface area is 170 Å². The van der Waals surface area contributed by atoms with Crippen LogP contribution in [0.3, 0.4) is 0 Å². The van der Waals surface area contributed by atoms with Gasteiger partial charge in [0.05, 0.1) is 12.5 Å². The van der Waals surface area contributed by atoms with E-state index in [1.54, 1.807) is 6.92 Å². The van der Waals surface area contributed by atoms with Crippen molar-refractivity contribution in [3.8, 4) is 5.75 Å². The third-order valence-electron chi connectivity index (χ3n) is 5.20. The molecule has 2 heterocycles. The van der Waals surface area contributed by atoms with Gasteiger partial charge in [-0.3, -0.25) is 4.79 Å². The first-order valence-electron chi connectivity index (χ1n) is 10.0. The molecule has 1 aliphatic heterocycles. The van der Waals surface area contributed by atoms with Crippen LogP contribution in [0.25, 0.3) is 0 Å². The fourth-order valence-corrected chi connectivity index (χ4v) is 3.74. The summed E-state index contributed by atoms with van der Waals surface area (Å²) in [7, 11) is 0. The Morgan fingerprint density at radius 1 is 1.14 bits per heavy atom. The van der Waals surface area contributed by atoms with Crippen molar-refractivity contribution in [2.45, 2.75) is 38.2 Å². The van der Waals surface area contributed by atoms with Crippen molar-refractivity contribution < 1.29 is 13.9 Å². The van der Waals surface area contributed by atoms with Gasteiger partial charge in [-0.2, -0.15) is 0 Å². The second-order valence-electron chi connectivity index (χ2n) is 7.36. The summed E-state index contributed by atoms with van der Waals surface area (Å²) in [4.78, 5) is 15.0. The van der Waals surface area contributed by atoms with E-state index in [1.165, 1.54) is 0 Å². The summed E-state index contributed by atoms with van der Waals surface area (Å²) in [6.07, 6.45) is 2.18. The normalized spacial score (nSPS) is 17.7. The maximum Gasteiger partial charge on any atom is 0.224 e. The minimum atomic E-state index is -0.250. The number of amides is 1. The van der Waals surface area contributed by atoms with Gasteiger partial charge in [-0.25, -0.2) is 0 Å². The number of ether oxygens (including phenoxy) is 1. The lowest BCUT2D eigenvalue weighted by atomic mass is 9.94. The zero-order valence-corrected chi connectivity index (χ0v) is 16.5. The quantitative estimate of drug-likeness (QED) is 0.636. The van der Waals surface area contributed by atoms with Crippen molar-refractivity contribution >= 4 is 5.91 Å². The predicted octanol–water partition coefficient (Wildman–Crippen LogP) is 3.97. The average Bonchev–Trinajstić information content (AvgIpc) is 3.19. The Bertz CT molecular complexity index is 927. The maximum absolute atomic E-state index is 13.1. The van der Waals surface area contributed by atoms with E-state index < -0.39 is 0 Å². The van der Waals surface area contributed by atoms with Gasteiger partial charge in [0.1, 0.15) is 11.9 Å². The minimum Gasteiger partial charge on any atom is -0.489 e. The molecule has 6 heteroatoms. The van der Waals surface area contributed by atoms with Crippen molar-refractivity contribution in [2.75, 3.05) is 13.1 Å². The zero-order valence-electron chi connectivity index (χ0n) is 16.5. The molecule has 0 bridgehead atoms. The van der Waals surface area contributed by atoms with Gasteiger partial charge < -0.3 is 14.1 Å². The van der Waals surface area contributed by atoms with Gasteiger partial charge in [-0.15, -0.1) is 10.2 Å². The number of likely N-dealkylation sites (tertiary alicyclic amines) is 1. The Balaban J connectivity index is 1.45. The lowest BCUT2D eigenvalue weighted by molar-refractivity contribution is -0.134. The van der Waals surface area contributed by atoms with Crippen LogP contribution in [0, 0.1) is 6.92 Å². The van der Waals surface area contributed by atoms with Gasteiger partial charge in [0, 0.05) is 19.9 Å². The fourth-order valence-electron chi connectivity index (χ4n) is 3.74. The van der Waals surface area contributed by atoms with Crippen LogP contribution < -0.4 is 4.74 Å². The molecule has 150 valence electrons. The van der Waals surface area contributed by atoms with Gasteiger partial charge >= 0.3 is 0 Å². The van der Waals surface area contributed by atoms with Crippen molar-refractivity contribution in [2.24, 2.45) is 0 Å². The third-order valence-corrected chi connectivity index (χ3v) is 5.20. The summed E-state index contributed by atoms with van der Waals surface area (Å²) in [5, 5.41) is 8.13. The molecule has 3 aromatic rings. The molecule has 1 amide bonds. The summed E-state index contributed by atoms with van der Waals surface area (Å²) < 4.78 is 11.7. The van der Waals surface area contributed by atoms with Crippen LogP contribution in [-0.2, 0) is 4.79 Å². The molecule has 2 aromatic carbocycles. The number of piperidine rings is 1. The second-order valence-corrected chi connectivity index (χ2v) is 7.36. The summed E-state index contributed by atoms with van der Waals surface area (Å²) in [5.41, 5.74) is 0.999.